The number of benzene rings is 1. The van der Waals surface area contributed by atoms with Crippen molar-refractivity contribution in [2.45, 2.75) is 31.1 Å². The van der Waals surface area contributed by atoms with Gasteiger partial charge in [0.05, 0.1) is 19.8 Å². The largest absolute Gasteiger partial charge is 0.497 e. The van der Waals surface area contributed by atoms with Gasteiger partial charge >= 0.3 is 6.18 Å². The Balaban J connectivity index is 2.03. The molecule has 5 nitrogen and oxygen atoms in total. The van der Waals surface area contributed by atoms with Crippen LogP contribution in [0.3, 0.4) is 0 Å². The summed E-state index contributed by atoms with van der Waals surface area (Å²) < 4.78 is 48.8. The molecule has 1 heterocycles. The average molecular weight is 346 g/mol. The number of likely N-dealkylation sites (N-methyl/N-ethyl adjacent to an activating group) is 1. The van der Waals surface area contributed by atoms with E-state index in [2.05, 4.69) is 5.32 Å². The summed E-state index contributed by atoms with van der Waals surface area (Å²) in [5.74, 6) is 0.524. The molecular weight excluding hydrogens is 325 g/mol. The first kappa shape index (κ1) is 18.4. The summed E-state index contributed by atoms with van der Waals surface area (Å²) >= 11 is 0. The monoisotopic (exact) mass is 346 g/mol. The maximum absolute atomic E-state index is 12.9. The summed E-state index contributed by atoms with van der Waals surface area (Å²) in [5, 5.41) is 2.78. The summed E-state index contributed by atoms with van der Waals surface area (Å²) in [7, 11) is 4.36. The average Bonchev–Trinajstić information content (AvgIpc) is 2.52. The molecule has 0 unspecified atom stereocenters. The maximum Gasteiger partial charge on any atom is 0.404 e. The van der Waals surface area contributed by atoms with Crippen LogP contribution in [0, 0.1) is 0 Å². The predicted octanol–water partition coefficient (Wildman–Crippen LogP) is 2.46. The fourth-order valence-corrected chi connectivity index (χ4v) is 2.93. The molecule has 1 amide bonds. The third-order valence-electron chi connectivity index (χ3n) is 4.20. The number of likely N-dealkylation sites (tertiary alicyclic amines) is 1. The molecule has 24 heavy (non-hydrogen) atoms. The van der Waals surface area contributed by atoms with Crippen LogP contribution in [0.5, 0.6) is 11.5 Å². The molecule has 0 saturated carbocycles. The molecule has 8 heteroatoms. The minimum atomic E-state index is -4.25. The highest BCUT2D eigenvalue weighted by Crippen LogP contribution is 2.31. The fraction of sp³-hybridized carbons (Fsp3) is 0.562. The number of piperidine rings is 1. The van der Waals surface area contributed by atoms with Crippen LogP contribution in [-0.2, 0) is 0 Å². The zero-order chi connectivity index (χ0) is 17.9. The molecule has 1 aromatic carbocycles. The number of halogens is 3. The number of hydrogen-bond acceptors (Lipinski definition) is 4. The molecule has 2 atom stereocenters. The van der Waals surface area contributed by atoms with Crippen LogP contribution >= 0.6 is 0 Å². The normalized spacial score (nSPS) is 22.1. The molecule has 0 aliphatic carbocycles. The van der Waals surface area contributed by atoms with Crippen molar-refractivity contribution in [1.29, 1.82) is 0 Å². The number of nitrogens with one attached hydrogen (secondary N) is 1. The van der Waals surface area contributed by atoms with Crippen LogP contribution < -0.4 is 14.8 Å². The number of methoxy groups -OCH3 is 2. The highest BCUT2D eigenvalue weighted by molar-refractivity contribution is 5.97. The number of hydrogen-bond donors (Lipinski definition) is 1. The summed E-state index contributed by atoms with van der Waals surface area (Å²) in [5.41, 5.74) is 0.318. The first-order chi connectivity index (χ1) is 11.3. The number of carbonyl (C=O) groups excluding carboxylic acids is 1. The SMILES string of the molecule is COc1ccc(C(=O)N[C@@H]2CC[C@H](C(F)(F)F)N(C)C2)c(OC)c1. The predicted molar refractivity (Wildman–Crippen MR) is 82.5 cm³/mol. The molecule has 0 spiro atoms. The molecule has 0 radical (unpaired) electrons. The Hall–Kier alpha value is -1.96. The summed E-state index contributed by atoms with van der Waals surface area (Å²) in [6, 6.07) is 2.98. The lowest BCUT2D eigenvalue weighted by atomic mass is 9.98. The van der Waals surface area contributed by atoms with Crippen molar-refractivity contribution in [3.63, 3.8) is 0 Å². The van der Waals surface area contributed by atoms with E-state index in [0.29, 0.717) is 17.1 Å². The van der Waals surface area contributed by atoms with Gasteiger partial charge in [-0.25, -0.2) is 0 Å². The van der Waals surface area contributed by atoms with E-state index in [1.807, 2.05) is 0 Å². The van der Waals surface area contributed by atoms with Crippen molar-refractivity contribution in [3.8, 4) is 11.5 Å². The van der Waals surface area contributed by atoms with Crippen LogP contribution in [0.1, 0.15) is 23.2 Å². The van der Waals surface area contributed by atoms with Gasteiger partial charge in [-0.1, -0.05) is 0 Å². The van der Waals surface area contributed by atoms with Crippen molar-refractivity contribution in [1.82, 2.24) is 10.2 Å². The lowest BCUT2D eigenvalue weighted by Gasteiger charge is -2.38. The molecule has 1 aliphatic heterocycles. The highest BCUT2D eigenvalue weighted by Gasteiger charge is 2.44. The Morgan fingerprint density at radius 2 is 1.96 bits per heavy atom. The first-order valence-electron chi connectivity index (χ1n) is 7.56. The Bertz CT molecular complexity index is 592. The van der Waals surface area contributed by atoms with Gasteiger partial charge in [0.25, 0.3) is 5.91 Å². The van der Waals surface area contributed by atoms with E-state index >= 15 is 0 Å². The van der Waals surface area contributed by atoms with Gasteiger partial charge in [-0.3, -0.25) is 9.69 Å². The molecule has 0 aromatic heterocycles. The topological polar surface area (TPSA) is 50.8 Å². The minimum absolute atomic E-state index is 0.0370. The van der Waals surface area contributed by atoms with Gasteiger partial charge in [0.15, 0.2) is 0 Å². The van der Waals surface area contributed by atoms with E-state index in [4.69, 9.17) is 9.47 Å². The van der Waals surface area contributed by atoms with E-state index in [-0.39, 0.29) is 31.3 Å². The van der Waals surface area contributed by atoms with Crippen molar-refractivity contribution < 1.29 is 27.4 Å². The summed E-state index contributed by atoms with van der Waals surface area (Å²) in [4.78, 5) is 13.6. The molecule has 1 aromatic rings. The van der Waals surface area contributed by atoms with Gasteiger partial charge in [0, 0.05) is 18.7 Å². The fourth-order valence-electron chi connectivity index (χ4n) is 2.93. The van der Waals surface area contributed by atoms with E-state index in [1.54, 1.807) is 18.2 Å². The van der Waals surface area contributed by atoms with Crippen molar-refractivity contribution >= 4 is 5.91 Å². The van der Waals surface area contributed by atoms with Gasteiger partial charge in [0.1, 0.15) is 17.5 Å². The molecule has 134 valence electrons. The number of alkyl halides is 3. The standard InChI is InChI=1S/C16H21F3N2O3/c1-21-9-10(4-7-14(21)16(17,18)19)20-15(22)12-6-5-11(23-2)8-13(12)24-3/h5-6,8,10,14H,4,7,9H2,1-3H3,(H,20,22)/t10-,14-/m1/s1. The lowest BCUT2D eigenvalue weighted by molar-refractivity contribution is -0.188. The van der Waals surface area contributed by atoms with Gasteiger partial charge in [-0.05, 0) is 32.0 Å². The third-order valence-corrected chi connectivity index (χ3v) is 4.20. The molecule has 1 aliphatic rings. The number of amides is 1. The van der Waals surface area contributed by atoms with E-state index in [0.717, 1.165) is 0 Å². The van der Waals surface area contributed by atoms with Crippen LogP contribution in [0.2, 0.25) is 0 Å². The van der Waals surface area contributed by atoms with Crippen LogP contribution in [0.25, 0.3) is 0 Å². The second-order valence-corrected chi connectivity index (χ2v) is 5.81. The first-order valence-corrected chi connectivity index (χ1v) is 7.56. The molecule has 0 bridgehead atoms. The zero-order valence-corrected chi connectivity index (χ0v) is 13.8. The summed E-state index contributed by atoms with van der Waals surface area (Å²) in [6.07, 6.45) is -4.01. The number of carbonyl (C=O) groups is 1. The van der Waals surface area contributed by atoms with Crippen molar-refractivity contribution in [2.24, 2.45) is 0 Å². The van der Waals surface area contributed by atoms with Crippen LogP contribution in [0.4, 0.5) is 13.2 Å². The Labute approximate surface area is 138 Å². The molecule has 1 saturated heterocycles. The minimum Gasteiger partial charge on any atom is -0.497 e. The van der Waals surface area contributed by atoms with Gasteiger partial charge in [-0.15, -0.1) is 0 Å². The zero-order valence-electron chi connectivity index (χ0n) is 13.8. The summed E-state index contributed by atoms with van der Waals surface area (Å²) in [6.45, 7) is 0.147. The molecule has 1 N–H and O–H groups in total. The molecule has 1 fully saturated rings. The Morgan fingerprint density at radius 3 is 2.50 bits per heavy atom. The molecule has 2 rings (SSSR count). The van der Waals surface area contributed by atoms with Gasteiger partial charge in [0.2, 0.25) is 0 Å². The van der Waals surface area contributed by atoms with Crippen LogP contribution in [0.15, 0.2) is 18.2 Å². The number of rotatable bonds is 4. The number of nitrogens with zero attached hydrogens (tertiary/aromatic N) is 1. The highest BCUT2D eigenvalue weighted by atomic mass is 19.4. The van der Waals surface area contributed by atoms with Crippen LogP contribution in [-0.4, -0.2) is 56.9 Å². The molecular formula is C16H21F3N2O3. The smallest absolute Gasteiger partial charge is 0.404 e. The van der Waals surface area contributed by atoms with Gasteiger partial charge < -0.3 is 14.8 Å². The second-order valence-electron chi connectivity index (χ2n) is 5.81. The quantitative estimate of drug-likeness (QED) is 0.910. The van der Waals surface area contributed by atoms with E-state index in [9.17, 15) is 18.0 Å². The Morgan fingerprint density at radius 1 is 1.25 bits per heavy atom. The maximum atomic E-state index is 12.9. The van der Waals surface area contributed by atoms with E-state index in [1.165, 1.54) is 26.2 Å². The lowest BCUT2D eigenvalue weighted by Crippen LogP contribution is -2.54. The second kappa shape index (κ2) is 7.29. The van der Waals surface area contributed by atoms with Crippen molar-refractivity contribution in [2.75, 3.05) is 27.8 Å². The number of ether oxygens (including phenoxy) is 2. The third kappa shape index (κ3) is 4.11. The van der Waals surface area contributed by atoms with E-state index < -0.39 is 12.2 Å². The van der Waals surface area contributed by atoms with Gasteiger partial charge in [-0.2, -0.15) is 13.2 Å². The van der Waals surface area contributed by atoms with Crippen molar-refractivity contribution in [3.05, 3.63) is 23.8 Å². The Kier molecular flexibility index (Phi) is 5.58.